The highest BCUT2D eigenvalue weighted by Crippen LogP contribution is 2.24. The minimum atomic E-state index is -1.25. The number of aryl methyl sites for hydroxylation is 1. The lowest BCUT2D eigenvalue weighted by Gasteiger charge is -2.11. The minimum Gasteiger partial charge on any atom is -0.494 e. The van der Waals surface area contributed by atoms with E-state index >= 15 is 0 Å². The maximum absolute atomic E-state index is 12.9. The molecule has 3 aromatic rings. The summed E-state index contributed by atoms with van der Waals surface area (Å²) in [5.41, 5.74) is 0.997. The summed E-state index contributed by atoms with van der Waals surface area (Å²) in [4.78, 5) is 37.5. The summed E-state index contributed by atoms with van der Waals surface area (Å²) in [5.74, 6) is -2.19. The van der Waals surface area contributed by atoms with Crippen LogP contribution in [-0.4, -0.2) is 33.2 Å². The molecule has 0 radical (unpaired) electrons. The van der Waals surface area contributed by atoms with Crippen molar-refractivity contribution in [1.29, 1.82) is 0 Å². The van der Waals surface area contributed by atoms with Crippen LogP contribution in [0.3, 0.4) is 0 Å². The number of aromatic nitrogens is 2. The Balaban J connectivity index is 1.91. The van der Waals surface area contributed by atoms with E-state index in [0.29, 0.717) is 29.3 Å². The summed E-state index contributed by atoms with van der Waals surface area (Å²) in [6.07, 6.45) is -0.313. The van der Waals surface area contributed by atoms with Crippen molar-refractivity contribution in [3.63, 3.8) is 0 Å². The molecular formula is C22H22N2O5. The fourth-order valence-electron chi connectivity index (χ4n) is 3.25. The van der Waals surface area contributed by atoms with Crippen LogP contribution >= 0.6 is 0 Å². The molecule has 2 aromatic carbocycles. The molecule has 0 amide bonds. The number of nitrogens with zero attached hydrogens (tertiary/aromatic N) is 1. The van der Waals surface area contributed by atoms with E-state index in [1.807, 2.05) is 13.0 Å². The monoisotopic (exact) mass is 394 g/mol. The zero-order valence-corrected chi connectivity index (χ0v) is 16.2. The van der Waals surface area contributed by atoms with Crippen molar-refractivity contribution in [2.45, 2.75) is 26.2 Å². The van der Waals surface area contributed by atoms with Crippen molar-refractivity contribution in [1.82, 2.24) is 9.78 Å². The number of aliphatic carboxylic acids is 1. The Morgan fingerprint density at radius 2 is 1.76 bits per heavy atom. The smallest absolute Gasteiger partial charge is 0.311 e. The second-order valence-electron chi connectivity index (χ2n) is 6.60. The van der Waals surface area contributed by atoms with Crippen molar-refractivity contribution >= 4 is 11.8 Å². The summed E-state index contributed by atoms with van der Waals surface area (Å²) >= 11 is 0. The molecule has 0 saturated heterocycles. The molecule has 7 nitrogen and oxygen atoms in total. The first kappa shape index (κ1) is 20.1. The van der Waals surface area contributed by atoms with Crippen LogP contribution < -0.4 is 10.3 Å². The number of rotatable bonds is 8. The number of ketones is 1. The first-order chi connectivity index (χ1) is 13.9. The largest absolute Gasteiger partial charge is 0.494 e. The van der Waals surface area contributed by atoms with Gasteiger partial charge in [-0.15, -0.1) is 0 Å². The first-order valence-corrected chi connectivity index (χ1v) is 9.28. The van der Waals surface area contributed by atoms with Crippen molar-refractivity contribution in [2.24, 2.45) is 0 Å². The van der Waals surface area contributed by atoms with E-state index in [1.165, 1.54) is 4.68 Å². The molecule has 1 unspecified atom stereocenters. The number of para-hydroxylation sites is 1. The highest BCUT2D eigenvalue weighted by molar-refractivity contribution is 5.99. The normalized spacial score (nSPS) is 11.8. The predicted octanol–water partition coefficient (Wildman–Crippen LogP) is 3.31. The molecule has 0 aliphatic rings. The molecule has 0 bridgehead atoms. The molecule has 3 rings (SSSR count). The molecule has 0 aliphatic heterocycles. The highest BCUT2D eigenvalue weighted by atomic mass is 16.5. The van der Waals surface area contributed by atoms with E-state index in [1.54, 1.807) is 55.5 Å². The van der Waals surface area contributed by atoms with Crippen LogP contribution in [0.5, 0.6) is 5.75 Å². The summed E-state index contributed by atoms with van der Waals surface area (Å²) in [6.45, 7) is 4.00. The quantitative estimate of drug-likeness (QED) is 0.571. The minimum absolute atomic E-state index is 0.0839. The number of H-pyrrole nitrogens is 1. The van der Waals surface area contributed by atoms with Crippen LogP contribution in [0.15, 0.2) is 59.4 Å². The second-order valence-corrected chi connectivity index (χ2v) is 6.60. The number of nitrogens with one attached hydrogen (secondary N) is 1. The number of ether oxygens (including phenoxy) is 1. The van der Waals surface area contributed by atoms with E-state index in [0.717, 1.165) is 0 Å². The number of carbonyl (C=O) groups excluding carboxylic acids is 1. The molecule has 2 N–H and O–H groups in total. The molecule has 150 valence electrons. The van der Waals surface area contributed by atoms with Crippen molar-refractivity contribution < 1.29 is 19.4 Å². The number of Topliss-reactive ketones (excluding diaryl/α,β-unsaturated/α-hetero) is 1. The molecule has 0 spiro atoms. The number of hydrogen-bond acceptors (Lipinski definition) is 4. The van der Waals surface area contributed by atoms with Gasteiger partial charge in [-0.2, -0.15) is 0 Å². The van der Waals surface area contributed by atoms with E-state index in [4.69, 9.17) is 4.74 Å². The fourth-order valence-corrected chi connectivity index (χ4v) is 3.25. The van der Waals surface area contributed by atoms with Gasteiger partial charge in [0.05, 0.1) is 23.8 Å². The molecular weight excluding hydrogens is 372 g/mol. The second kappa shape index (κ2) is 8.60. The van der Waals surface area contributed by atoms with Crippen LogP contribution in [-0.2, 0) is 4.79 Å². The third-order valence-electron chi connectivity index (χ3n) is 4.65. The van der Waals surface area contributed by atoms with Gasteiger partial charge in [-0.25, -0.2) is 4.68 Å². The van der Waals surface area contributed by atoms with Crippen molar-refractivity contribution in [2.75, 3.05) is 6.61 Å². The number of carboxylic acid groups (broad SMARTS) is 1. The summed E-state index contributed by atoms with van der Waals surface area (Å²) < 4.78 is 6.65. The van der Waals surface area contributed by atoms with Crippen LogP contribution in [0.1, 0.15) is 40.9 Å². The summed E-state index contributed by atoms with van der Waals surface area (Å²) in [7, 11) is 0. The van der Waals surface area contributed by atoms with Gasteiger partial charge in [-0.1, -0.05) is 18.2 Å². The van der Waals surface area contributed by atoms with Gasteiger partial charge in [-0.05, 0) is 50.2 Å². The summed E-state index contributed by atoms with van der Waals surface area (Å²) in [6, 6.07) is 15.4. The van der Waals surface area contributed by atoms with E-state index < -0.39 is 17.4 Å². The Bertz CT molecular complexity index is 1060. The van der Waals surface area contributed by atoms with Gasteiger partial charge in [0.1, 0.15) is 5.75 Å². The van der Waals surface area contributed by atoms with Gasteiger partial charge in [0.2, 0.25) is 0 Å². The first-order valence-electron chi connectivity index (χ1n) is 9.28. The lowest BCUT2D eigenvalue weighted by molar-refractivity contribution is -0.138. The molecule has 1 heterocycles. The topological polar surface area (TPSA) is 101 Å². The van der Waals surface area contributed by atoms with Gasteiger partial charge in [-0.3, -0.25) is 19.5 Å². The van der Waals surface area contributed by atoms with Gasteiger partial charge >= 0.3 is 5.97 Å². The summed E-state index contributed by atoms with van der Waals surface area (Å²) in [5, 5.41) is 12.6. The maximum Gasteiger partial charge on any atom is 0.311 e. The number of aromatic amines is 1. The van der Waals surface area contributed by atoms with Crippen LogP contribution in [0, 0.1) is 6.92 Å². The molecule has 0 saturated carbocycles. The fraction of sp³-hybridized carbons (Fsp3) is 0.227. The third-order valence-corrected chi connectivity index (χ3v) is 4.65. The van der Waals surface area contributed by atoms with Gasteiger partial charge in [0.15, 0.2) is 5.78 Å². The maximum atomic E-state index is 12.9. The van der Waals surface area contributed by atoms with Crippen molar-refractivity contribution in [3.8, 4) is 11.4 Å². The molecule has 1 atom stereocenters. The Hall–Kier alpha value is -3.61. The third kappa shape index (κ3) is 4.29. The highest BCUT2D eigenvalue weighted by Gasteiger charge is 2.30. The lowest BCUT2D eigenvalue weighted by Crippen LogP contribution is -2.25. The number of hydrogen-bond donors (Lipinski definition) is 2. The van der Waals surface area contributed by atoms with E-state index in [9.17, 15) is 19.5 Å². The average molecular weight is 394 g/mol. The predicted molar refractivity (Wildman–Crippen MR) is 108 cm³/mol. The van der Waals surface area contributed by atoms with Crippen LogP contribution in [0.4, 0.5) is 0 Å². The Morgan fingerprint density at radius 1 is 1.10 bits per heavy atom. The van der Waals surface area contributed by atoms with E-state index in [-0.39, 0.29) is 17.8 Å². The molecule has 0 fully saturated rings. The van der Waals surface area contributed by atoms with Gasteiger partial charge < -0.3 is 9.84 Å². The van der Waals surface area contributed by atoms with Gasteiger partial charge in [0, 0.05) is 17.7 Å². The standard InChI is InChI=1S/C22H22N2O5/c1-3-29-17-11-9-15(10-12-17)19(25)13-18(22(27)28)20-14(2)23-24(21(20)26)16-7-5-4-6-8-16/h4-12,18,23H,3,13H2,1-2H3,(H,27,28). The van der Waals surface area contributed by atoms with E-state index in [2.05, 4.69) is 5.10 Å². The van der Waals surface area contributed by atoms with Crippen molar-refractivity contribution in [3.05, 3.63) is 81.8 Å². The molecule has 29 heavy (non-hydrogen) atoms. The SMILES string of the molecule is CCOc1ccc(C(=O)CC(C(=O)O)c2c(C)[nH]n(-c3ccccc3)c2=O)cc1. The molecule has 7 heteroatoms. The lowest BCUT2D eigenvalue weighted by atomic mass is 9.92. The number of carbonyl (C=O) groups is 2. The average Bonchev–Trinajstić information content (AvgIpc) is 3.01. The number of benzene rings is 2. The Labute approximate surface area is 167 Å². The molecule has 1 aromatic heterocycles. The Kier molecular flexibility index (Phi) is 5.97. The van der Waals surface area contributed by atoms with Crippen LogP contribution in [0.2, 0.25) is 0 Å². The van der Waals surface area contributed by atoms with Crippen LogP contribution in [0.25, 0.3) is 5.69 Å². The number of carboxylic acids is 1. The molecule has 0 aliphatic carbocycles. The zero-order valence-electron chi connectivity index (χ0n) is 16.2. The van der Waals surface area contributed by atoms with Gasteiger partial charge in [0.25, 0.3) is 5.56 Å². The zero-order chi connectivity index (χ0) is 21.0. The Morgan fingerprint density at radius 3 is 2.34 bits per heavy atom.